The van der Waals surface area contributed by atoms with Gasteiger partial charge in [0.05, 0.1) is 5.69 Å². The molecule has 0 radical (unpaired) electrons. The molecule has 0 saturated heterocycles. The number of amides is 1. The quantitative estimate of drug-likeness (QED) is 0.483. The number of carbonyl (C=O) groups excluding carboxylic acids is 2. The van der Waals surface area contributed by atoms with Gasteiger partial charge in [-0.05, 0) is 32.9 Å². The summed E-state index contributed by atoms with van der Waals surface area (Å²) in [5, 5.41) is 6.00. The topological polar surface area (TPSA) is 102 Å². The number of rotatable bonds is 7. The maximum atomic E-state index is 12.2. The molecule has 144 valence electrons. The molecular formula is C20H22N6O2. The minimum absolute atomic E-state index is 0.0265. The van der Waals surface area contributed by atoms with Crippen molar-refractivity contribution in [3.63, 3.8) is 0 Å². The fourth-order valence-electron chi connectivity index (χ4n) is 2.63. The molecule has 0 aliphatic rings. The van der Waals surface area contributed by atoms with Crippen LogP contribution in [0.15, 0.2) is 43.0 Å². The third-order valence-electron chi connectivity index (χ3n) is 4.42. The van der Waals surface area contributed by atoms with E-state index in [1.807, 2.05) is 24.5 Å². The first-order chi connectivity index (χ1) is 13.5. The molecule has 3 aromatic rings. The van der Waals surface area contributed by atoms with Crippen LogP contribution in [0.5, 0.6) is 0 Å². The van der Waals surface area contributed by atoms with E-state index in [0.29, 0.717) is 30.0 Å². The van der Waals surface area contributed by atoms with E-state index < -0.39 is 0 Å². The molecule has 0 unspecified atom stereocenters. The molecule has 0 fully saturated rings. The van der Waals surface area contributed by atoms with Crippen molar-refractivity contribution in [1.82, 2.24) is 24.8 Å². The van der Waals surface area contributed by atoms with Gasteiger partial charge in [-0.3, -0.25) is 14.2 Å². The average molecular weight is 378 g/mol. The lowest BCUT2D eigenvalue weighted by Crippen LogP contribution is -2.28. The van der Waals surface area contributed by atoms with E-state index >= 15 is 0 Å². The minimum Gasteiger partial charge on any atom is -0.368 e. The number of ketones is 1. The highest BCUT2D eigenvalue weighted by Gasteiger charge is 2.08. The Labute approximate surface area is 163 Å². The Balaban J connectivity index is 1.52. The van der Waals surface area contributed by atoms with Crippen molar-refractivity contribution >= 4 is 17.5 Å². The van der Waals surface area contributed by atoms with Crippen molar-refractivity contribution in [3.8, 4) is 5.82 Å². The largest absolute Gasteiger partial charge is 0.368 e. The lowest BCUT2D eigenvalue weighted by Gasteiger charge is -2.09. The van der Waals surface area contributed by atoms with Crippen LogP contribution >= 0.6 is 0 Å². The predicted octanol–water partition coefficient (Wildman–Crippen LogP) is 2.32. The van der Waals surface area contributed by atoms with Crippen molar-refractivity contribution in [2.75, 3.05) is 18.4 Å². The number of anilines is 1. The highest BCUT2D eigenvalue weighted by atomic mass is 16.1. The van der Waals surface area contributed by atoms with E-state index in [2.05, 4.69) is 25.6 Å². The van der Waals surface area contributed by atoms with Gasteiger partial charge in [-0.2, -0.15) is 0 Å². The third kappa shape index (κ3) is 4.40. The molecule has 2 aromatic heterocycles. The smallest absolute Gasteiger partial charge is 0.251 e. The molecule has 1 amide bonds. The van der Waals surface area contributed by atoms with Crippen LogP contribution < -0.4 is 10.6 Å². The predicted molar refractivity (Wildman–Crippen MR) is 106 cm³/mol. The van der Waals surface area contributed by atoms with Crippen molar-refractivity contribution in [3.05, 3.63) is 65.5 Å². The SMILES string of the molecule is CC(=O)c1ccc(C(=O)NCCNc2cc(-n3cnc(C)c3C)ncn2)cc1. The normalized spacial score (nSPS) is 10.5. The Hall–Kier alpha value is -3.55. The molecule has 0 aliphatic carbocycles. The zero-order valence-electron chi connectivity index (χ0n) is 16.1. The number of nitrogens with one attached hydrogen (secondary N) is 2. The van der Waals surface area contributed by atoms with E-state index in [4.69, 9.17) is 0 Å². The molecule has 0 atom stereocenters. The monoisotopic (exact) mass is 378 g/mol. The van der Waals surface area contributed by atoms with Crippen LogP contribution in [0.3, 0.4) is 0 Å². The molecule has 28 heavy (non-hydrogen) atoms. The third-order valence-corrected chi connectivity index (χ3v) is 4.42. The fourth-order valence-corrected chi connectivity index (χ4v) is 2.63. The zero-order valence-corrected chi connectivity index (χ0v) is 16.1. The van der Waals surface area contributed by atoms with E-state index in [1.165, 1.54) is 13.3 Å². The van der Waals surface area contributed by atoms with Crippen molar-refractivity contribution in [2.24, 2.45) is 0 Å². The number of nitrogens with zero attached hydrogens (tertiary/aromatic N) is 4. The average Bonchev–Trinajstić information content (AvgIpc) is 3.04. The summed E-state index contributed by atoms with van der Waals surface area (Å²) in [5.74, 6) is 1.17. The lowest BCUT2D eigenvalue weighted by molar-refractivity contribution is 0.0953. The summed E-state index contributed by atoms with van der Waals surface area (Å²) in [7, 11) is 0. The highest BCUT2D eigenvalue weighted by Crippen LogP contribution is 2.13. The van der Waals surface area contributed by atoms with Crippen LogP contribution in [-0.2, 0) is 0 Å². The maximum Gasteiger partial charge on any atom is 0.251 e. The number of carbonyl (C=O) groups is 2. The van der Waals surface area contributed by atoms with Crippen molar-refractivity contribution in [2.45, 2.75) is 20.8 Å². The number of Topliss-reactive ketones (excluding diaryl/α,β-unsaturated/α-hetero) is 1. The molecule has 2 N–H and O–H groups in total. The van der Waals surface area contributed by atoms with Crippen molar-refractivity contribution < 1.29 is 9.59 Å². The van der Waals surface area contributed by atoms with Gasteiger partial charge in [0.25, 0.3) is 5.91 Å². The first-order valence-corrected chi connectivity index (χ1v) is 8.91. The Morgan fingerprint density at radius 2 is 1.71 bits per heavy atom. The molecule has 0 spiro atoms. The summed E-state index contributed by atoms with van der Waals surface area (Å²) < 4.78 is 1.90. The number of hydrogen-bond acceptors (Lipinski definition) is 6. The van der Waals surface area contributed by atoms with Gasteiger partial charge in [0.2, 0.25) is 0 Å². The van der Waals surface area contributed by atoms with Gasteiger partial charge in [-0.25, -0.2) is 15.0 Å². The molecule has 8 nitrogen and oxygen atoms in total. The van der Waals surface area contributed by atoms with Crippen LogP contribution in [-0.4, -0.2) is 44.3 Å². The van der Waals surface area contributed by atoms with Crippen LogP contribution in [0.25, 0.3) is 5.82 Å². The summed E-state index contributed by atoms with van der Waals surface area (Å²) in [6, 6.07) is 8.42. The van der Waals surface area contributed by atoms with E-state index in [1.54, 1.807) is 30.6 Å². The second-order valence-corrected chi connectivity index (χ2v) is 6.36. The Bertz CT molecular complexity index is 994. The van der Waals surface area contributed by atoms with Gasteiger partial charge in [0.1, 0.15) is 24.3 Å². The van der Waals surface area contributed by atoms with E-state index in [0.717, 1.165) is 17.2 Å². The minimum atomic E-state index is -0.190. The molecule has 8 heteroatoms. The van der Waals surface area contributed by atoms with Gasteiger partial charge in [-0.15, -0.1) is 0 Å². The number of aromatic nitrogens is 4. The maximum absolute atomic E-state index is 12.2. The second-order valence-electron chi connectivity index (χ2n) is 6.36. The number of benzene rings is 1. The summed E-state index contributed by atoms with van der Waals surface area (Å²) in [5.41, 5.74) is 3.07. The summed E-state index contributed by atoms with van der Waals surface area (Å²) in [6.07, 6.45) is 3.22. The zero-order chi connectivity index (χ0) is 20.1. The molecule has 0 aliphatic heterocycles. The molecule has 3 rings (SSSR count). The van der Waals surface area contributed by atoms with E-state index in [-0.39, 0.29) is 11.7 Å². The summed E-state index contributed by atoms with van der Waals surface area (Å²) >= 11 is 0. The highest BCUT2D eigenvalue weighted by molar-refractivity contribution is 5.97. The Kier molecular flexibility index (Phi) is 5.78. The van der Waals surface area contributed by atoms with Gasteiger partial charge in [0.15, 0.2) is 5.78 Å². The lowest BCUT2D eigenvalue weighted by atomic mass is 10.1. The molecule has 0 saturated carbocycles. The van der Waals surface area contributed by atoms with Gasteiger partial charge >= 0.3 is 0 Å². The second kappa shape index (κ2) is 8.43. The summed E-state index contributed by atoms with van der Waals surface area (Å²) in [6.45, 7) is 6.36. The first-order valence-electron chi connectivity index (χ1n) is 8.91. The molecular weight excluding hydrogens is 356 g/mol. The number of imidazole rings is 1. The molecule has 1 aromatic carbocycles. The molecule has 2 heterocycles. The van der Waals surface area contributed by atoms with Crippen LogP contribution in [0.2, 0.25) is 0 Å². The van der Waals surface area contributed by atoms with Crippen LogP contribution in [0.4, 0.5) is 5.82 Å². The van der Waals surface area contributed by atoms with Crippen molar-refractivity contribution in [1.29, 1.82) is 0 Å². The standard InChI is InChI=1S/C20H22N6O2/c1-13-14(2)26(12-25-13)19-10-18(23-11-24-19)21-8-9-22-20(28)17-6-4-16(5-7-17)15(3)27/h4-7,10-12H,8-9H2,1-3H3,(H,22,28)(H,21,23,24). The van der Waals surface area contributed by atoms with Gasteiger partial charge in [-0.1, -0.05) is 12.1 Å². The molecule has 0 bridgehead atoms. The van der Waals surface area contributed by atoms with Crippen LogP contribution in [0.1, 0.15) is 39.0 Å². The summed E-state index contributed by atoms with van der Waals surface area (Å²) in [4.78, 5) is 36.2. The van der Waals surface area contributed by atoms with Gasteiger partial charge < -0.3 is 10.6 Å². The van der Waals surface area contributed by atoms with E-state index in [9.17, 15) is 9.59 Å². The van der Waals surface area contributed by atoms with Crippen LogP contribution in [0, 0.1) is 13.8 Å². The Morgan fingerprint density at radius 3 is 2.36 bits per heavy atom. The number of hydrogen-bond donors (Lipinski definition) is 2. The first kappa shape index (κ1) is 19.2. The fraction of sp³-hybridized carbons (Fsp3) is 0.250. The van der Waals surface area contributed by atoms with Gasteiger partial charge in [0, 0.05) is 36.0 Å². The number of aryl methyl sites for hydroxylation is 1. The Morgan fingerprint density at radius 1 is 1.00 bits per heavy atom.